The van der Waals surface area contributed by atoms with Gasteiger partial charge in [-0.05, 0) is 30.3 Å². The van der Waals surface area contributed by atoms with E-state index in [9.17, 15) is 22.8 Å². The zero-order valence-corrected chi connectivity index (χ0v) is 14.2. The summed E-state index contributed by atoms with van der Waals surface area (Å²) in [5.41, 5.74) is -1.19. The van der Waals surface area contributed by atoms with Crippen LogP contribution in [0.3, 0.4) is 0 Å². The van der Waals surface area contributed by atoms with Crippen molar-refractivity contribution in [2.45, 2.75) is 4.90 Å². The zero-order valence-electron chi connectivity index (χ0n) is 13.4. The van der Waals surface area contributed by atoms with Crippen LogP contribution in [-0.4, -0.2) is 31.5 Å². The zero-order chi connectivity index (χ0) is 18.9. The van der Waals surface area contributed by atoms with Gasteiger partial charge in [0.15, 0.2) is 0 Å². The molecule has 0 atom stereocenters. The third-order valence-electron chi connectivity index (χ3n) is 3.58. The summed E-state index contributed by atoms with van der Waals surface area (Å²) in [7, 11) is -2.88. The number of methoxy groups -OCH3 is 1. The van der Waals surface area contributed by atoms with Crippen molar-refractivity contribution >= 4 is 32.7 Å². The van der Waals surface area contributed by atoms with Crippen LogP contribution in [0.2, 0.25) is 0 Å². The lowest BCUT2D eigenvalue weighted by Gasteiger charge is -2.11. The molecule has 0 saturated heterocycles. The normalized spacial score (nSPS) is 11.3. The Bertz CT molecular complexity index is 1230. The molecule has 0 radical (unpaired) electrons. The molecule has 26 heavy (non-hydrogen) atoms. The topological polar surface area (TPSA) is 138 Å². The third-order valence-corrected chi connectivity index (χ3v) is 4.94. The molecule has 0 saturated carbocycles. The van der Waals surface area contributed by atoms with E-state index in [1.54, 1.807) is 12.1 Å². The average Bonchev–Trinajstić information content (AvgIpc) is 2.61. The maximum absolute atomic E-state index is 12.6. The van der Waals surface area contributed by atoms with E-state index in [0.29, 0.717) is 0 Å². The highest BCUT2D eigenvalue weighted by Crippen LogP contribution is 2.22. The Morgan fingerprint density at radius 2 is 1.65 bits per heavy atom. The number of para-hydroxylation sites is 1. The van der Waals surface area contributed by atoms with Crippen molar-refractivity contribution in [3.8, 4) is 0 Å². The number of nitrogens with one attached hydrogen (secondary N) is 3. The minimum absolute atomic E-state index is 0.0504. The first-order chi connectivity index (χ1) is 12.3. The smallest absolute Gasteiger partial charge is 0.339 e. The molecule has 0 bridgehead atoms. The van der Waals surface area contributed by atoms with Crippen molar-refractivity contribution in [3.63, 3.8) is 0 Å². The molecule has 134 valence electrons. The molecule has 1 heterocycles. The van der Waals surface area contributed by atoms with Gasteiger partial charge in [-0.25, -0.2) is 13.2 Å². The van der Waals surface area contributed by atoms with Gasteiger partial charge in [0.25, 0.3) is 10.0 Å². The summed E-state index contributed by atoms with van der Waals surface area (Å²) in [5.74, 6) is -0.691. The summed E-state index contributed by atoms with van der Waals surface area (Å²) in [5, 5.41) is 0. The first kappa shape index (κ1) is 17.4. The van der Waals surface area contributed by atoms with E-state index < -0.39 is 27.1 Å². The van der Waals surface area contributed by atoms with E-state index >= 15 is 0 Å². The van der Waals surface area contributed by atoms with Crippen LogP contribution in [0.1, 0.15) is 10.4 Å². The Morgan fingerprint density at radius 3 is 2.35 bits per heavy atom. The number of carbonyl (C=O) groups excluding carboxylic acids is 1. The van der Waals surface area contributed by atoms with Crippen LogP contribution < -0.4 is 15.8 Å². The van der Waals surface area contributed by atoms with Gasteiger partial charge in [-0.1, -0.05) is 12.1 Å². The van der Waals surface area contributed by atoms with Crippen LogP contribution in [0.25, 0.3) is 11.0 Å². The highest BCUT2D eigenvalue weighted by molar-refractivity contribution is 7.92. The van der Waals surface area contributed by atoms with Crippen molar-refractivity contribution in [3.05, 3.63) is 68.7 Å². The van der Waals surface area contributed by atoms with Gasteiger partial charge in [-0.15, -0.1) is 0 Å². The molecular weight excluding hydrogens is 362 g/mol. The fraction of sp³-hybridized carbons (Fsp3) is 0.0625. The minimum atomic E-state index is -4.06. The Kier molecular flexibility index (Phi) is 4.34. The number of carbonyl (C=O) groups is 1. The minimum Gasteiger partial charge on any atom is -0.465 e. The lowest BCUT2D eigenvalue weighted by molar-refractivity contribution is 0.0602. The summed E-state index contributed by atoms with van der Waals surface area (Å²) in [6.45, 7) is 0. The highest BCUT2D eigenvalue weighted by atomic mass is 32.2. The Morgan fingerprint density at radius 1 is 1.00 bits per heavy atom. The number of aromatic amines is 2. The van der Waals surface area contributed by atoms with Crippen LogP contribution in [0.15, 0.2) is 56.9 Å². The first-order valence-corrected chi connectivity index (χ1v) is 8.76. The summed E-state index contributed by atoms with van der Waals surface area (Å²) in [4.78, 5) is 39.0. The van der Waals surface area contributed by atoms with Gasteiger partial charge in [-0.3, -0.25) is 14.3 Å². The SMILES string of the molecule is COC(=O)c1ccccc1NS(=O)(=O)c1ccc2[nH]c(=O)c(=O)[nH]c2c1. The molecular formula is C16H13N3O6S. The van der Waals surface area contributed by atoms with E-state index in [2.05, 4.69) is 19.4 Å². The van der Waals surface area contributed by atoms with Crippen molar-refractivity contribution in [2.75, 3.05) is 11.8 Å². The van der Waals surface area contributed by atoms with Gasteiger partial charge < -0.3 is 14.7 Å². The number of esters is 1. The molecule has 0 amide bonds. The van der Waals surface area contributed by atoms with Gasteiger partial charge >= 0.3 is 17.1 Å². The fourth-order valence-corrected chi connectivity index (χ4v) is 3.43. The number of anilines is 1. The largest absolute Gasteiger partial charge is 0.465 e. The van der Waals surface area contributed by atoms with E-state index in [1.165, 1.54) is 37.4 Å². The quantitative estimate of drug-likeness (QED) is 0.455. The Labute approximate surface area is 146 Å². The number of benzene rings is 2. The van der Waals surface area contributed by atoms with Crippen LogP contribution in [-0.2, 0) is 14.8 Å². The maximum atomic E-state index is 12.6. The number of ether oxygens (including phenoxy) is 1. The van der Waals surface area contributed by atoms with Crippen LogP contribution in [0, 0.1) is 0 Å². The van der Waals surface area contributed by atoms with Crippen molar-refractivity contribution in [1.29, 1.82) is 0 Å². The number of aromatic nitrogens is 2. The van der Waals surface area contributed by atoms with Gasteiger partial charge in [0.2, 0.25) is 0 Å². The standard InChI is InChI=1S/C16H13N3O6S/c1-25-16(22)10-4-2-3-5-11(10)19-26(23,24)9-6-7-12-13(8-9)18-15(21)14(20)17-12/h2-8,19H,1H3,(H,17,20)(H,18,21). The average molecular weight is 375 g/mol. The predicted molar refractivity (Wildman–Crippen MR) is 93.8 cm³/mol. The fourth-order valence-electron chi connectivity index (χ4n) is 2.32. The molecule has 3 N–H and O–H groups in total. The molecule has 3 aromatic rings. The lowest BCUT2D eigenvalue weighted by Crippen LogP contribution is -2.29. The number of H-pyrrole nitrogens is 2. The molecule has 0 unspecified atom stereocenters. The van der Waals surface area contributed by atoms with Crippen LogP contribution in [0.4, 0.5) is 5.69 Å². The van der Waals surface area contributed by atoms with Crippen molar-refractivity contribution in [1.82, 2.24) is 9.97 Å². The second-order valence-corrected chi connectivity index (χ2v) is 6.94. The molecule has 0 fully saturated rings. The van der Waals surface area contributed by atoms with Crippen molar-refractivity contribution in [2.24, 2.45) is 0 Å². The molecule has 9 nitrogen and oxygen atoms in total. The van der Waals surface area contributed by atoms with E-state index in [1.807, 2.05) is 0 Å². The Balaban J connectivity index is 2.05. The number of hydrogen-bond acceptors (Lipinski definition) is 6. The molecule has 0 aliphatic rings. The molecule has 0 spiro atoms. The third kappa shape index (κ3) is 3.22. The van der Waals surface area contributed by atoms with E-state index in [-0.39, 0.29) is 27.2 Å². The number of sulfonamides is 1. The summed E-state index contributed by atoms with van der Waals surface area (Å²) in [6, 6.07) is 9.80. The monoisotopic (exact) mass is 375 g/mol. The molecule has 10 heteroatoms. The predicted octanol–water partition coefficient (Wildman–Crippen LogP) is 0.804. The maximum Gasteiger partial charge on any atom is 0.339 e. The van der Waals surface area contributed by atoms with Gasteiger partial charge in [0.05, 0.1) is 34.3 Å². The number of rotatable bonds is 4. The second kappa shape index (κ2) is 6.48. The second-order valence-electron chi connectivity index (χ2n) is 5.26. The van der Waals surface area contributed by atoms with E-state index in [4.69, 9.17) is 0 Å². The van der Waals surface area contributed by atoms with E-state index in [0.717, 1.165) is 0 Å². The number of fused-ring (bicyclic) bond motifs is 1. The lowest BCUT2D eigenvalue weighted by atomic mass is 10.2. The molecule has 3 rings (SSSR count). The number of hydrogen-bond donors (Lipinski definition) is 3. The van der Waals surface area contributed by atoms with Crippen LogP contribution >= 0.6 is 0 Å². The summed E-state index contributed by atoms with van der Waals surface area (Å²) < 4.78 is 32.2. The molecule has 0 aliphatic heterocycles. The van der Waals surface area contributed by atoms with Crippen molar-refractivity contribution < 1.29 is 17.9 Å². The summed E-state index contributed by atoms with van der Waals surface area (Å²) >= 11 is 0. The van der Waals surface area contributed by atoms with Gasteiger partial charge in [0, 0.05) is 0 Å². The highest BCUT2D eigenvalue weighted by Gasteiger charge is 2.19. The molecule has 2 aromatic carbocycles. The molecule has 0 aliphatic carbocycles. The van der Waals surface area contributed by atoms with Gasteiger partial charge in [0.1, 0.15) is 0 Å². The van der Waals surface area contributed by atoms with Crippen LogP contribution in [0.5, 0.6) is 0 Å². The van der Waals surface area contributed by atoms with Gasteiger partial charge in [-0.2, -0.15) is 0 Å². The summed E-state index contributed by atoms with van der Waals surface area (Å²) in [6.07, 6.45) is 0. The first-order valence-electron chi connectivity index (χ1n) is 7.28. The Hall–Kier alpha value is -3.40. The molecule has 1 aromatic heterocycles.